The lowest BCUT2D eigenvalue weighted by Gasteiger charge is -2.45. The van der Waals surface area contributed by atoms with Crippen molar-refractivity contribution in [2.24, 2.45) is 0 Å². The molecular formula is C8HF15O2. The molecular weight excluding hydrogens is 413 g/mol. The number of carboxylic acid groups (broad SMARTS) is 1. The summed E-state index contributed by atoms with van der Waals surface area (Å²) < 4.78 is 188. The second kappa shape index (κ2) is 5.46. The van der Waals surface area contributed by atoms with Gasteiger partial charge in [-0.15, -0.1) is 0 Å². The van der Waals surface area contributed by atoms with Crippen molar-refractivity contribution in [3.63, 3.8) is 0 Å². The van der Waals surface area contributed by atoms with Crippen LogP contribution in [0, 0.1) is 0 Å². The fourth-order valence-electron chi connectivity index (χ4n) is 1.48. The van der Waals surface area contributed by atoms with Crippen molar-refractivity contribution in [3.05, 3.63) is 0 Å². The number of rotatable bonds is 4. The second-order valence-electron chi connectivity index (χ2n) is 4.26. The van der Waals surface area contributed by atoms with Crippen molar-refractivity contribution in [2.45, 2.75) is 41.7 Å². The molecule has 1 N–H and O–H groups in total. The zero-order valence-corrected chi connectivity index (χ0v) is 10.5. The Labute approximate surface area is 125 Å². The summed E-state index contributed by atoms with van der Waals surface area (Å²) in [6.07, 6.45) is -23.8. The molecule has 150 valence electrons. The van der Waals surface area contributed by atoms with E-state index >= 15 is 0 Å². The van der Waals surface area contributed by atoms with Gasteiger partial charge in [0.25, 0.3) is 0 Å². The third kappa shape index (κ3) is 2.74. The smallest absolute Gasteiger partial charge is 0.457 e. The molecule has 0 aliphatic rings. The highest BCUT2D eigenvalue weighted by molar-refractivity contribution is 5.81. The van der Waals surface area contributed by atoms with Gasteiger partial charge in [-0.1, -0.05) is 0 Å². The SMILES string of the molecule is O=C(O)C(F)(C(F)(F)F)C(F)(C(F)(F)C(F)(F)F)C(F)(F)C(F)(F)F. The monoisotopic (exact) mass is 414 g/mol. The van der Waals surface area contributed by atoms with E-state index in [1.807, 2.05) is 0 Å². The van der Waals surface area contributed by atoms with Crippen LogP contribution in [0.25, 0.3) is 0 Å². The van der Waals surface area contributed by atoms with Crippen LogP contribution in [0.1, 0.15) is 0 Å². The zero-order chi connectivity index (χ0) is 21.1. The number of carbonyl (C=O) groups is 1. The van der Waals surface area contributed by atoms with Crippen molar-refractivity contribution < 1.29 is 75.8 Å². The molecule has 0 aliphatic carbocycles. The lowest BCUT2D eigenvalue weighted by Crippen LogP contribution is -2.81. The first-order chi connectivity index (χ1) is 10.4. The first-order valence-corrected chi connectivity index (χ1v) is 5.01. The van der Waals surface area contributed by atoms with E-state index in [-0.39, 0.29) is 0 Å². The summed E-state index contributed by atoms with van der Waals surface area (Å²) in [4.78, 5) is 10.1. The summed E-state index contributed by atoms with van der Waals surface area (Å²) in [6.45, 7) is 0. The third-order valence-electron chi connectivity index (χ3n) is 2.74. The molecule has 0 aromatic heterocycles. The first kappa shape index (κ1) is 23.4. The summed E-state index contributed by atoms with van der Waals surface area (Å²) in [7, 11) is 0. The number of halogens is 15. The highest BCUT2D eigenvalue weighted by atomic mass is 19.4. The number of hydrogen-bond donors (Lipinski definition) is 1. The maximum Gasteiger partial charge on any atom is 0.457 e. The highest BCUT2D eigenvalue weighted by Gasteiger charge is 2.98. The van der Waals surface area contributed by atoms with E-state index in [0.717, 1.165) is 0 Å². The number of hydrogen-bond acceptors (Lipinski definition) is 1. The van der Waals surface area contributed by atoms with Crippen LogP contribution in [0.3, 0.4) is 0 Å². The minimum atomic E-state index is -8.69. The Hall–Kier alpha value is -1.58. The molecule has 0 aromatic rings. The lowest BCUT2D eigenvalue weighted by atomic mass is 9.74. The van der Waals surface area contributed by atoms with E-state index in [4.69, 9.17) is 5.11 Å². The van der Waals surface area contributed by atoms with E-state index in [0.29, 0.717) is 0 Å². The van der Waals surface area contributed by atoms with Crippen LogP contribution in [0.15, 0.2) is 0 Å². The Kier molecular flexibility index (Phi) is 5.11. The van der Waals surface area contributed by atoms with Crippen molar-refractivity contribution in [2.75, 3.05) is 0 Å². The van der Waals surface area contributed by atoms with Crippen LogP contribution >= 0.6 is 0 Å². The van der Waals surface area contributed by atoms with Gasteiger partial charge >= 0.3 is 47.7 Å². The molecule has 1 atom stereocenters. The van der Waals surface area contributed by atoms with Crippen molar-refractivity contribution in [3.8, 4) is 0 Å². The average molecular weight is 414 g/mol. The summed E-state index contributed by atoms with van der Waals surface area (Å²) in [5, 5.41) is 7.83. The largest absolute Gasteiger partial charge is 0.479 e. The summed E-state index contributed by atoms with van der Waals surface area (Å²) >= 11 is 0. The minimum Gasteiger partial charge on any atom is -0.479 e. The van der Waals surface area contributed by atoms with Gasteiger partial charge in [-0.3, -0.25) is 0 Å². The zero-order valence-electron chi connectivity index (χ0n) is 10.5. The van der Waals surface area contributed by atoms with Gasteiger partial charge in [0, 0.05) is 0 Å². The molecule has 0 aliphatic heterocycles. The normalized spacial score (nSPS) is 18.0. The Morgan fingerprint density at radius 3 is 0.880 bits per heavy atom. The van der Waals surface area contributed by atoms with Crippen LogP contribution in [-0.2, 0) is 4.79 Å². The van der Waals surface area contributed by atoms with Gasteiger partial charge in [-0.25, -0.2) is 13.6 Å². The molecule has 0 spiro atoms. The first-order valence-electron chi connectivity index (χ1n) is 5.01. The molecule has 0 rings (SSSR count). The van der Waals surface area contributed by atoms with Crippen LogP contribution in [0.2, 0.25) is 0 Å². The van der Waals surface area contributed by atoms with Gasteiger partial charge in [-0.05, 0) is 0 Å². The minimum absolute atomic E-state index is 4.82. The summed E-state index contributed by atoms with van der Waals surface area (Å²) in [5.41, 5.74) is -16.7. The van der Waals surface area contributed by atoms with Crippen molar-refractivity contribution in [1.82, 2.24) is 0 Å². The maximum absolute atomic E-state index is 13.7. The third-order valence-corrected chi connectivity index (χ3v) is 2.74. The molecule has 25 heavy (non-hydrogen) atoms. The van der Waals surface area contributed by atoms with Crippen molar-refractivity contribution >= 4 is 5.97 Å². The van der Waals surface area contributed by atoms with Gasteiger partial charge in [0.05, 0.1) is 0 Å². The molecule has 0 radical (unpaired) electrons. The molecule has 0 fully saturated rings. The Morgan fingerprint density at radius 1 is 0.520 bits per heavy atom. The highest BCUT2D eigenvalue weighted by Crippen LogP contribution is 2.64. The van der Waals surface area contributed by atoms with E-state index in [2.05, 4.69) is 0 Å². The van der Waals surface area contributed by atoms with Gasteiger partial charge in [0.1, 0.15) is 0 Å². The molecule has 0 heterocycles. The van der Waals surface area contributed by atoms with E-state index in [1.165, 1.54) is 0 Å². The maximum atomic E-state index is 13.7. The van der Waals surface area contributed by atoms with E-state index in [1.54, 1.807) is 0 Å². The quantitative estimate of drug-likeness (QED) is 0.691. The number of aliphatic carboxylic acids is 1. The fourth-order valence-corrected chi connectivity index (χ4v) is 1.48. The van der Waals surface area contributed by atoms with Crippen LogP contribution in [0.5, 0.6) is 0 Å². The van der Waals surface area contributed by atoms with Crippen LogP contribution in [-0.4, -0.2) is 52.8 Å². The molecule has 2 nitrogen and oxygen atoms in total. The van der Waals surface area contributed by atoms with Crippen molar-refractivity contribution in [1.29, 1.82) is 0 Å². The molecule has 17 heteroatoms. The van der Waals surface area contributed by atoms with Gasteiger partial charge in [-0.2, -0.15) is 57.1 Å². The molecule has 0 bridgehead atoms. The lowest BCUT2D eigenvalue weighted by molar-refractivity contribution is -0.444. The summed E-state index contributed by atoms with van der Waals surface area (Å²) in [5.74, 6) is -21.7. The summed E-state index contributed by atoms with van der Waals surface area (Å²) in [6, 6.07) is 0. The van der Waals surface area contributed by atoms with E-state index in [9.17, 15) is 70.7 Å². The molecule has 0 saturated heterocycles. The Bertz CT molecular complexity index is 499. The number of alkyl halides is 15. The average Bonchev–Trinajstić information content (AvgIpc) is 2.31. The molecule has 0 aromatic carbocycles. The Balaban J connectivity index is 7.41. The van der Waals surface area contributed by atoms with Gasteiger partial charge in [0.2, 0.25) is 0 Å². The van der Waals surface area contributed by atoms with E-state index < -0.39 is 47.7 Å². The van der Waals surface area contributed by atoms with Crippen LogP contribution < -0.4 is 0 Å². The number of carboxylic acids is 1. The van der Waals surface area contributed by atoms with Crippen LogP contribution in [0.4, 0.5) is 65.9 Å². The predicted molar refractivity (Wildman–Crippen MR) is 43.4 cm³/mol. The predicted octanol–water partition coefficient (Wildman–Crippen LogP) is 4.45. The molecule has 0 amide bonds. The van der Waals surface area contributed by atoms with Gasteiger partial charge in [0.15, 0.2) is 0 Å². The Morgan fingerprint density at radius 2 is 0.760 bits per heavy atom. The molecule has 0 saturated carbocycles. The topological polar surface area (TPSA) is 37.3 Å². The van der Waals surface area contributed by atoms with Gasteiger partial charge < -0.3 is 5.11 Å². The fraction of sp³-hybridized carbons (Fsp3) is 0.875. The standard InChI is InChI=1S/C8HF15O2/c9-2(1(24)25,6(15,16)17)3(10,4(11,12)7(18,19)20)5(13,14)8(21,22)23/h(H,24,25). The molecule has 1 unspecified atom stereocenters. The second-order valence-corrected chi connectivity index (χ2v) is 4.26.